The van der Waals surface area contributed by atoms with E-state index in [1.165, 1.54) is 21.4 Å². The molecule has 0 aliphatic rings. The van der Waals surface area contributed by atoms with Gasteiger partial charge in [0, 0.05) is 0 Å². The molecule has 0 amide bonds. The number of thiazole rings is 1. The van der Waals surface area contributed by atoms with Crippen LogP contribution < -0.4 is 0 Å². The summed E-state index contributed by atoms with van der Waals surface area (Å²) >= 11 is 1.76. The third kappa shape index (κ3) is 1.85. The zero-order valence-electron chi connectivity index (χ0n) is 9.90. The number of aromatic nitrogens is 1. The van der Waals surface area contributed by atoms with Crippen LogP contribution in [0.4, 0.5) is 0 Å². The molecule has 1 nitrogen and oxygen atoms in total. The van der Waals surface area contributed by atoms with E-state index >= 15 is 0 Å². The number of fused-ring (bicyclic) bond motifs is 1. The van der Waals surface area contributed by atoms with Crippen molar-refractivity contribution in [2.45, 2.75) is 13.8 Å². The standard InChI is InChI=1S/C15H13NS/c1-10-8-14-15(17-11(2)16-14)9-13(10)12-6-4-3-5-7-12/h3-9H,1-2H3. The van der Waals surface area contributed by atoms with Crippen molar-refractivity contribution >= 4 is 21.6 Å². The Morgan fingerprint density at radius 3 is 2.53 bits per heavy atom. The van der Waals surface area contributed by atoms with Crippen molar-refractivity contribution in [2.24, 2.45) is 0 Å². The zero-order valence-corrected chi connectivity index (χ0v) is 10.7. The third-order valence-corrected chi connectivity index (χ3v) is 3.86. The van der Waals surface area contributed by atoms with Crippen molar-refractivity contribution in [3.05, 3.63) is 53.0 Å². The Labute approximate surface area is 105 Å². The number of benzene rings is 2. The molecular formula is C15H13NS. The lowest BCUT2D eigenvalue weighted by atomic mass is 10.0. The summed E-state index contributed by atoms with van der Waals surface area (Å²) in [6.45, 7) is 4.21. The predicted molar refractivity (Wildman–Crippen MR) is 74.5 cm³/mol. The molecule has 0 saturated heterocycles. The fraction of sp³-hybridized carbons (Fsp3) is 0.133. The fourth-order valence-electron chi connectivity index (χ4n) is 2.12. The van der Waals surface area contributed by atoms with Crippen molar-refractivity contribution in [1.29, 1.82) is 0 Å². The van der Waals surface area contributed by atoms with E-state index < -0.39 is 0 Å². The van der Waals surface area contributed by atoms with E-state index in [4.69, 9.17) is 0 Å². The van der Waals surface area contributed by atoms with Crippen LogP contribution in [0.5, 0.6) is 0 Å². The SMILES string of the molecule is Cc1nc2cc(C)c(-c3ccccc3)cc2s1. The Morgan fingerprint density at radius 2 is 1.76 bits per heavy atom. The summed E-state index contributed by atoms with van der Waals surface area (Å²) in [7, 11) is 0. The molecule has 3 aromatic rings. The minimum absolute atomic E-state index is 1.12. The van der Waals surface area contributed by atoms with Crippen LogP contribution in [0.15, 0.2) is 42.5 Å². The van der Waals surface area contributed by atoms with Gasteiger partial charge in [-0.2, -0.15) is 0 Å². The summed E-state index contributed by atoms with van der Waals surface area (Å²) in [5, 5.41) is 1.13. The molecule has 2 aromatic carbocycles. The van der Waals surface area contributed by atoms with Crippen LogP contribution in [-0.4, -0.2) is 4.98 Å². The summed E-state index contributed by atoms with van der Waals surface area (Å²) in [6.07, 6.45) is 0. The maximum atomic E-state index is 4.53. The van der Waals surface area contributed by atoms with E-state index in [0.29, 0.717) is 0 Å². The zero-order chi connectivity index (χ0) is 11.8. The summed E-state index contributed by atoms with van der Waals surface area (Å²) < 4.78 is 1.27. The third-order valence-electron chi connectivity index (χ3n) is 2.93. The van der Waals surface area contributed by atoms with Gasteiger partial charge in [0.2, 0.25) is 0 Å². The van der Waals surface area contributed by atoms with E-state index in [0.717, 1.165) is 10.5 Å². The lowest BCUT2D eigenvalue weighted by molar-refractivity contribution is 1.34. The molecule has 2 heteroatoms. The van der Waals surface area contributed by atoms with Crippen LogP contribution in [0.25, 0.3) is 21.3 Å². The average molecular weight is 239 g/mol. The van der Waals surface area contributed by atoms with E-state index in [-0.39, 0.29) is 0 Å². The van der Waals surface area contributed by atoms with Gasteiger partial charge in [-0.1, -0.05) is 30.3 Å². The Bertz CT molecular complexity index is 668. The number of hydrogen-bond acceptors (Lipinski definition) is 2. The molecule has 17 heavy (non-hydrogen) atoms. The Balaban J connectivity index is 2.26. The molecule has 1 heterocycles. The van der Waals surface area contributed by atoms with Gasteiger partial charge in [-0.25, -0.2) is 4.98 Å². The quantitative estimate of drug-likeness (QED) is 0.605. The van der Waals surface area contributed by atoms with Crippen LogP contribution in [0.1, 0.15) is 10.6 Å². The second kappa shape index (κ2) is 3.97. The summed E-state index contributed by atoms with van der Waals surface area (Å²) in [6, 6.07) is 15.0. The van der Waals surface area contributed by atoms with Crippen molar-refractivity contribution < 1.29 is 0 Å². The highest BCUT2D eigenvalue weighted by Gasteiger charge is 2.06. The highest BCUT2D eigenvalue weighted by molar-refractivity contribution is 7.18. The molecular weight excluding hydrogens is 226 g/mol. The molecule has 0 bridgehead atoms. The lowest BCUT2D eigenvalue weighted by Crippen LogP contribution is -1.83. The number of rotatable bonds is 1. The van der Waals surface area contributed by atoms with Crippen LogP contribution in [-0.2, 0) is 0 Å². The first-order chi connectivity index (χ1) is 8.24. The molecule has 0 saturated carbocycles. The van der Waals surface area contributed by atoms with Crippen LogP contribution in [0.3, 0.4) is 0 Å². The Hall–Kier alpha value is -1.67. The van der Waals surface area contributed by atoms with Gasteiger partial charge in [0.1, 0.15) is 0 Å². The normalized spacial score (nSPS) is 10.9. The number of aryl methyl sites for hydroxylation is 2. The van der Waals surface area contributed by atoms with E-state index in [1.54, 1.807) is 11.3 Å². The minimum Gasteiger partial charge on any atom is -0.242 e. The maximum Gasteiger partial charge on any atom is 0.0907 e. The molecule has 0 fully saturated rings. The minimum atomic E-state index is 1.12. The highest BCUT2D eigenvalue weighted by atomic mass is 32.1. The van der Waals surface area contributed by atoms with E-state index in [9.17, 15) is 0 Å². The summed E-state index contributed by atoms with van der Waals surface area (Å²) in [5.41, 5.74) is 4.98. The molecule has 1 aromatic heterocycles. The number of nitrogens with zero attached hydrogens (tertiary/aromatic N) is 1. The largest absolute Gasteiger partial charge is 0.242 e. The predicted octanol–water partition coefficient (Wildman–Crippen LogP) is 4.58. The molecule has 84 valence electrons. The monoisotopic (exact) mass is 239 g/mol. The highest BCUT2D eigenvalue weighted by Crippen LogP contribution is 2.30. The van der Waals surface area contributed by atoms with Gasteiger partial charge in [0.05, 0.1) is 15.2 Å². The number of hydrogen-bond donors (Lipinski definition) is 0. The molecule has 3 rings (SSSR count). The van der Waals surface area contributed by atoms with Gasteiger partial charge in [0.15, 0.2) is 0 Å². The summed E-state index contributed by atoms with van der Waals surface area (Å²) in [4.78, 5) is 4.53. The van der Waals surface area contributed by atoms with Gasteiger partial charge in [-0.05, 0) is 42.7 Å². The van der Waals surface area contributed by atoms with Crippen molar-refractivity contribution in [3.63, 3.8) is 0 Å². The first-order valence-electron chi connectivity index (χ1n) is 5.67. The van der Waals surface area contributed by atoms with Crippen molar-refractivity contribution in [2.75, 3.05) is 0 Å². The molecule has 0 aliphatic heterocycles. The van der Waals surface area contributed by atoms with Gasteiger partial charge < -0.3 is 0 Å². The van der Waals surface area contributed by atoms with E-state index in [1.807, 2.05) is 6.07 Å². The van der Waals surface area contributed by atoms with Gasteiger partial charge >= 0.3 is 0 Å². The summed E-state index contributed by atoms with van der Waals surface area (Å²) in [5.74, 6) is 0. The topological polar surface area (TPSA) is 12.9 Å². The molecule has 0 radical (unpaired) electrons. The first-order valence-corrected chi connectivity index (χ1v) is 6.49. The Kier molecular flexibility index (Phi) is 2.45. The molecule has 0 aliphatic carbocycles. The van der Waals surface area contributed by atoms with Gasteiger partial charge in [0.25, 0.3) is 0 Å². The van der Waals surface area contributed by atoms with Gasteiger partial charge in [-0.15, -0.1) is 11.3 Å². The van der Waals surface area contributed by atoms with Crippen LogP contribution in [0, 0.1) is 13.8 Å². The molecule has 0 unspecified atom stereocenters. The van der Waals surface area contributed by atoms with E-state index in [2.05, 4.69) is 55.2 Å². The lowest BCUT2D eigenvalue weighted by Gasteiger charge is -2.05. The Morgan fingerprint density at radius 1 is 1.00 bits per heavy atom. The van der Waals surface area contributed by atoms with Gasteiger partial charge in [-0.3, -0.25) is 0 Å². The smallest absolute Gasteiger partial charge is 0.0907 e. The second-order valence-corrected chi connectivity index (χ2v) is 5.47. The maximum absolute atomic E-state index is 4.53. The molecule has 0 atom stereocenters. The molecule has 0 spiro atoms. The fourth-order valence-corrected chi connectivity index (χ4v) is 2.97. The second-order valence-electron chi connectivity index (χ2n) is 4.23. The van der Waals surface area contributed by atoms with Crippen LogP contribution >= 0.6 is 11.3 Å². The van der Waals surface area contributed by atoms with Crippen molar-refractivity contribution in [1.82, 2.24) is 4.98 Å². The average Bonchev–Trinajstić information content (AvgIpc) is 2.68. The van der Waals surface area contributed by atoms with Crippen molar-refractivity contribution in [3.8, 4) is 11.1 Å². The molecule has 0 N–H and O–H groups in total. The van der Waals surface area contributed by atoms with Crippen LogP contribution in [0.2, 0.25) is 0 Å². The first kappa shape index (κ1) is 10.5.